The molecule has 7 nitrogen and oxygen atoms in total. The first-order valence-corrected chi connectivity index (χ1v) is 11.2. The van der Waals surface area contributed by atoms with Crippen LogP contribution in [0.15, 0.2) is 23.1 Å². The van der Waals surface area contributed by atoms with Crippen LogP contribution in [-0.2, 0) is 10.0 Å². The van der Waals surface area contributed by atoms with Crippen LogP contribution in [0, 0.1) is 12.7 Å². The molecule has 1 atom stereocenters. The largest absolute Gasteiger partial charge is 0.341 e. The van der Waals surface area contributed by atoms with Gasteiger partial charge < -0.3 is 10.2 Å². The fourth-order valence-corrected chi connectivity index (χ4v) is 5.80. The van der Waals surface area contributed by atoms with Gasteiger partial charge in [-0.15, -0.1) is 0 Å². The van der Waals surface area contributed by atoms with E-state index in [1.807, 2.05) is 4.90 Å². The highest BCUT2D eigenvalue weighted by Gasteiger charge is 2.44. The fourth-order valence-electron chi connectivity index (χ4n) is 4.29. The summed E-state index contributed by atoms with van der Waals surface area (Å²) in [5, 5.41) is 2.68. The average Bonchev–Trinajstić information content (AvgIpc) is 3.15. The number of benzene rings is 1. The zero-order valence-corrected chi connectivity index (χ0v) is 17.6. The number of carbonyl (C=O) groups excluding carboxylic acids is 1. The highest BCUT2D eigenvalue weighted by atomic mass is 32.2. The third-order valence-corrected chi connectivity index (χ3v) is 8.06. The Balaban J connectivity index is 1.69. The van der Waals surface area contributed by atoms with E-state index in [9.17, 15) is 17.6 Å². The number of rotatable bonds is 4. The molecule has 2 fully saturated rings. The molecule has 1 unspecified atom stereocenters. The van der Waals surface area contributed by atoms with Gasteiger partial charge in [0.25, 0.3) is 0 Å². The van der Waals surface area contributed by atoms with Crippen LogP contribution in [0.25, 0.3) is 0 Å². The molecule has 0 spiro atoms. The molecular formula is C19H29FN4O3S. The van der Waals surface area contributed by atoms with E-state index in [-0.39, 0.29) is 16.5 Å². The average molecular weight is 413 g/mol. The number of nitrogens with zero attached hydrogens (tertiary/aromatic N) is 3. The van der Waals surface area contributed by atoms with Crippen molar-refractivity contribution in [2.75, 3.05) is 46.3 Å². The quantitative estimate of drug-likeness (QED) is 0.816. The molecule has 2 aliphatic rings. The van der Waals surface area contributed by atoms with E-state index in [1.54, 1.807) is 14.0 Å². The van der Waals surface area contributed by atoms with Crippen LogP contribution in [0.3, 0.4) is 0 Å². The summed E-state index contributed by atoms with van der Waals surface area (Å²) in [5.74, 6) is -0.407. The summed E-state index contributed by atoms with van der Waals surface area (Å²) in [6, 6.07) is 3.86. The molecule has 1 aromatic carbocycles. The van der Waals surface area contributed by atoms with Crippen molar-refractivity contribution in [3.8, 4) is 0 Å². The van der Waals surface area contributed by atoms with Gasteiger partial charge in [-0.3, -0.25) is 4.90 Å². The summed E-state index contributed by atoms with van der Waals surface area (Å²) < 4.78 is 40.8. The van der Waals surface area contributed by atoms with E-state index < -0.39 is 15.8 Å². The number of hydrogen-bond acceptors (Lipinski definition) is 4. The lowest BCUT2D eigenvalue weighted by molar-refractivity contribution is 0.0574. The molecule has 9 heteroatoms. The first-order valence-electron chi connectivity index (χ1n) is 9.71. The summed E-state index contributed by atoms with van der Waals surface area (Å²) in [5.41, 5.74) is 0.222. The first-order chi connectivity index (χ1) is 13.2. The van der Waals surface area contributed by atoms with Crippen LogP contribution >= 0.6 is 0 Å². The second-order valence-electron chi connectivity index (χ2n) is 7.61. The molecule has 2 heterocycles. The molecule has 0 saturated carbocycles. The number of likely N-dealkylation sites (tertiary alicyclic amines) is 1. The van der Waals surface area contributed by atoms with E-state index in [4.69, 9.17) is 0 Å². The van der Waals surface area contributed by atoms with Gasteiger partial charge in [0.1, 0.15) is 5.82 Å². The molecule has 0 aromatic heterocycles. The Hall–Kier alpha value is -1.71. The number of urea groups is 1. The third-order valence-electron chi connectivity index (χ3n) is 6.17. The van der Waals surface area contributed by atoms with Gasteiger partial charge in [-0.2, -0.15) is 4.31 Å². The highest BCUT2D eigenvalue weighted by Crippen LogP contribution is 2.33. The van der Waals surface area contributed by atoms with Gasteiger partial charge in [0.2, 0.25) is 10.0 Å². The first kappa shape index (κ1) is 21.0. The van der Waals surface area contributed by atoms with Gasteiger partial charge in [0.05, 0.1) is 4.90 Å². The Bertz CT molecular complexity index is 840. The van der Waals surface area contributed by atoms with Gasteiger partial charge >= 0.3 is 6.03 Å². The second-order valence-corrected chi connectivity index (χ2v) is 9.54. The topological polar surface area (TPSA) is 73.0 Å². The predicted molar refractivity (Wildman–Crippen MR) is 105 cm³/mol. The zero-order chi connectivity index (χ0) is 20.5. The number of aryl methyl sites for hydroxylation is 1. The summed E-state index contributed by atoms with van der Waals surface area (Å²) in [6.45, 7) is 7.08. The smallest absolute Gasteiger partial charge is 0.317 e. The second kappa shape index (κ2) is 7.96. The minimum absolute atomic E-state index is 0.0665. The van der Waals surface area contributed by atoms with E-state index in [0.29, 0.717) is 44.8 Å². The number of piperazine rings is 1. The molecular weight excluding hydrogens is 383 g/mol. The predicted octanol–water partition coefficient (Wildman–Crippen LogP) is 1.63. The number of sulfonamides is 1. The molecule has 2 aliphatic heterocycles. The zero-order valence-electron chi connectivity index (χ0n) is 16.7. The van der Waals surface area contributed by atoms with Crippen LogP contribution in [0.2, 0.25) is 0 Å². The van der Waals surface area contributed by atoms with Crippen LogP contribution in [-0.4, -0.2) is 80.4 Å². The lowest BCUT2D eigenvalue weighted by atomic mass is 9.92. The van der Waals surface area contributed by atoms with E-state index in [2.05, 4.69) is 17.1 Å². The molecule has 28 heavy (non-hydrogen) atoms. The minimum atomic E-state index is -3.64. The molecule has 2 amide bonds. The maximum absolute atomic E-state index is 13.5. The van der Waals surface area contributed by atoms with Crippen molar-refractivity contribution in [1.82, 2.24) is 19.4 Å². The molecule has 0 bridgehead atoms. The van der Waals surface area contributed by atoms with Gasteiger partial charge in [0, 0.05) is 51.9 Å². The van der Waals surface area contributed by atoms with Crippen molar-refractivity contribution < 1.29 is 17.6 Å². The van der Waals surface area contributed by atoms with Crippen LogP contribution in [0.1, 0.15) is 25.3 Å². The number of nitrogens with one attached hydrogen (secondary N) is 1. The Kier molecular flexibility index (Phi) is 5.97. The molecule has 3 rings (SSSR count). The highest BCUT2D eigenvalue weighted by molar-refractivity contribution is 7.89. The number of halogens is 1. The summed E-state index contributed by atoms with van der Waals surface area (Å²) in [7, 11) is -2.00. The van der Waals surface area contributed by atoms with Crippen molar-refractivity contribution in [2.45, 2.75) is 37.1 Å². The number of carbonyl (C=O) groups is 1. The molecule has 0 aliphatic carbocycles. The van der Waals surface area contributed by atoms with Crippen molar-refractivity contribution in [1.29, 1.82) is 0 Å². The van der Waals surface area contributed by atoms with Crippen LogP contribution < -0.4 is 5.32 Å². The monoisotopic (exact) mass is 412 g/mol. The summed E-state index contributed by atoms with van der Waals surface area (Å²) >= 11 is 0. The molecule has 0 radical (unpaired) electrons. The van der Waals surface area contributed by atoms with E-state index in [0.717, 1.165) is 12.8 Å². The normalized spacial score (nSPS) is 24.5. The van der Waals surface area contributed by atoms with E-state index in [1.165, 1.54) is 22.5 Å². The Morgan fingerprint density at radius 2 is 1.89 bits per heavy atom. The van der Waals surface area contributed by atoms with Crippen LogP contribution in [0.4, 0.5) is 9.18 Å². The molecule has 1 aromatic rings. The molecule has 156 valence electrons. The summed E-state index contributed by atoms with van der Waals surface area (Å²) in [4.78, 5) is 16.3. The molecule has 2 saturated heterocycles. The van der Waals surface area contributed by atoms with Crippen molar-refractivity contribution in [3.05, 3.63) is 29.6 Å². The van der Waals surface area contributed by atoms with Crippen molar-refractivity contribution >= 4 is 16.1 Å². The number of hydrogen-bond donors (Lipinski definition) is 1. The van der Waals surface area contributed by atoms with Gasteiger partial charge in [-0.25, -0.2) is 17.6 Å². The lowest BCUT2D eigenvalue weighted by Crippen LogP contribution is -2.59. The van der Waals surface area contributed by atoms with Gasteiger partial charge in [-0.05, 0) is 43.5 Å². The van der Waals surface area contributed by atoms with Gasteiger partial charge in [0.15, 0.2) is 0 Å². The Morgan fingerprint density at radius 1 is 1.21 bits per heavy atom. The number of amides is 2. The molecule has 1 N–H and O–H groups in total. The Labute approximate surface area is 166 Å². The Morgan fingerprint density at radius 3 is 2.46 bits per heavy atom. The maximum Gasteiger partial charge on any atom is 0.317 e. The van der Waals surface area contributed by atoms with Crippen molar-refractivity contribution in [2.24, 2.45) is 0 Å². The lowest BCUT2D eigenvalue weighted by Gasteiger charge is -2.45. The van der Waals surface area contributed by atoms with E-state index >= 15 is 0 Å². The maximum atomic E-state index is 13.5. The third kappa shape index (κ3) is 3.75. The summed E-state index contributed by atoms with van der Waals surface area (Å²) in [6.07, 6.45) is 1.80. The van der Waals surface area contributed by atoms with Crippen molar-refractivity contribution in [3.63, 3.8) is 0 Å². The van der Waals surface area contributed by atoms with Gasteiger partial charge in [-0.1, -0.05) is 6.92 Å². The minimum Gasteiger partial charge on any atom is -0.341 e. The van der Waals surface area contributed by atoms with Crippen LogP contribution in [0.5, 0.6) is 0 Å². The standard InChI is InChI=1S/C19H29FN4O3S/c1-4-19(7-8-22(14-19)18(25)21-3)23-9-11-24(12-10-23)28(26,27)16-5-6-17(20)15(2)13-16/h5-6,13H,4,7-12,14H2,1-3H3,(H,21,25). The fraction of sp³-hybridized carbons (Fsp3) is 0.632. The SMILES string of the molecule is CCC1(N2CCN(S(=O)(=O)c3ccc(F)c(C)c3)CC2)CCN(C(=O)NC)C1.